The zero-order valence-corrected chi connectivity index (χ0v) is 20.3. The SMILES string of the molecule is COc1ccc(-c2cnc(C(=O)Nc3ccc(C(=O)N4CC(OCCN)C4)c(Cl)c3)n2C)c(F)c1F. The molecule has 0 unspecified atom stereocenters. The minimum absolute atomic E-state index is 0.0407. The number of rotatable bonds is 8. The summed E-state index contributed by atoms with van der Waals surface area (Å²) in [7, 11) is 2.74. The molecule has 3 aromatic rings. The first kappa shape index (κ1) is 25.5. The number of amides is 2. The molecule has 0 aliphatic carbocycles. The van der Waals surface area contributed by atoms with Crippen molar-refractivity contribution in [1.82, 2.24) is 14.5 Å². The number of likely N-dealkylation sites (tertiary alicyclic amines) is 1. The van der Waals surface area contributed by atoms with Gasteiger partial charge in [0.2, 0.25) is 5.82 Å². The van der Waals surface area contributed by atoms with E-state index in [9.17, 15) is 18.4 Å². The lowest BCUT2D eigenvalue weighted by molar-refractivity contribution is -0.0396. The molecule has 0 spiro atoms. The number of hydrogen-bond donors (Lipinski definition) is 2. The molecule has 1 aromatic heterocycles. The van der Waals surface area contributed by atoms with E-state index >= 15 is 0 Å². The summed E-state index contributed by atoms with van der Waals surface area (Å²) in [6.07, 6.45) is 1.23. The molecule has 0 bridgehead atoms. The summed E-state index contributed by atoms with van der Waals surface area (Å²) in [6, 6.07) is 7.15. The number of ether oxygens (including phenoxy) is 2. The van der Waals surface area contributed by atoms with Crippen LogP contribution < -0.4 is 15.8 Å². The Morgan fingerprint density at radius 2 is 1.97 bits per heavy atom. The minimum Gasteiger partial charge on any atom is -0.494 e. The number of carbonyl (C=O) groups is 2. The first-order valence-corrected chi connectivity index (χ1v) is 11.4. The lowest BCUT2D eigenvalue weighted by Gasteiger charge is -2.39. The van der Waals surface area contributed by atoms with Crippen LogP contribution in [0.15, 0.2) is 36.5 Å². The largest absolute Gasteiger partial charge is 0.494 e. The number of aromatic nitrogens is 2. The van der Waals surface area contributed by atoms with Gasteiger partial charge in [-0.25, -0.2) is 9.37 Å². The number of methoxy groups -OCH3 is 1. The molecule has 2 heterocycles. The molecule has 4 rings (SSSR count). The van der Waals surface area contributed by atoms with Crippen LogP contribution in [0.3, 0.4) is 0 Å². The predicted octanol–water partition coefficient (Wildman–Crippen LogP) is 3.08. The number of hydrogen-bond acceptors (Lipinski definition) is 6. The maximum Gasteiger partial charge on any atom is 0.291 e. The molecule has 1 aliphatic heterocycles. The number of nitrogens with zero attached hydrogens (tertiary/aromatic N) is 3. The molecule has 0 saturated carbocycles. The van der Waals surface area contributed by atoms with E-state index in [0.717, 1.165) is 0 Å². The Bertz CT molecular complexity index is 1310. The van der Waals surface area contributed by atoms with Gasteiger partial charge < -0.3 is 30.0 Å². The van der Waals surface area contributed by atoms with Crippen molar-refractivity contribution in [3.63, 3.8) is 0 Å². The van der Waals surface area contributed by atoms with Gasteiger partial charge in [-0.1, -0.05) is 11.6 Å². The van der Waals surface area contributed by atoms with Crippen LogP contribution in [0.5, 0.6) is 5.75 Å². The quantitative estimate of drug-likeness (QED) is 0.473. The molecule has 2 aromatic carbocycles. The summed E-state index contributed by atoms with van der Waals surface area (Å²) >= 11 is 6.32. The van der Waals surface area contributed by atoms with Crippen LogP contribution in [0.2, 0.25) is 5.02 Å². The third kappa shape index (κ3) is 4.90. The Morgan fingerprint density at radius 3 is 2.64 bits per heavy atom. The van der Waals surface area contributed by atoms with E-state index in [4.69, 9.17) is 26.8 Å². The summed E-state index contributed by atoms with van der Waals surface area (Å²) in [6.45, 7) is 1.76. The van der Waals surface area contributed by atoms with E-state index in [1.54, 1.807) is 11.0 Å². The highest BCUT2D eigenvalue weighted by molar-refractivity contribution is 6.34. The zero-order chi connectivity index (χ0) is 26.0. The molecule has 0 radical (unpaired) electrons. The molecule has 0 atom stereocenters. The molecule has 9 nitrogen and oxygen atoms in total. The smallest absolute Gasteiger partial charge is 0.291 e. The second-order valence-electron chi connectivity index (χ2n) is 8.11. The van der Waals surface area contributed by atoms with Crippen LogP contribution >= 0.6 is 11.6 Å². The molecule has 1 aliphatic rings. The molecular weight excluding hydrogens is 496 g/mol. The molecule has 1 saturated heterocycles. The van der Waals surface area contributed by atoms with Gasteiger partial charge in [0.05, 0.1) is 42.3 Å². The van der Waals surface area contributed by atoms with Gasteiger partial charge in [-0.05, 0) is 30.3 Å². The summed E-state index contributed by atoms with van der Waals surface area (Å²) in [4.78, 5) is 31.2. The van der Waals surface area contributed by atoms with Crippen molar-refractivity contribution in [2.75, 3.05) is 38.7 Å². The highest BCUT2D eigenvalue weighted by Gasteiger charge is 2.32. The van der Waals surface area contributed by atoms with E-state index in [1.165, 1.54) is 49.2 Å². The first-order chi connectivity index (χ1) is 17.2. The third-order valence-corrected chi connectivity index (χ3v) is 6.11. The fourth-order valence-electron chi connectivity index (χ4n) is 3.83. The highest BCUT2D eigenvalue weighted by Crippen LogP contribution is 2.30. The van der Waals surface area contributed by atoms with Gasteiger partial charge >= 0.3 is 0 Å². The van der Waals surface area contributed by atoms with Crippen LogP contribution in [0.1, 0.15) is 21.0 Å². The van der Waals surface area contributed by atoms with Gasteiger partial charge in [0.15, 0.2) is 17.4 Å². The molecule has 36 heavy (non-hydrogen) atoms. The van der Waals surface area contributed by atoms with Crippen LogP contribution in [-0.4, -0.2) is 65.7 Å². The normalized spacial score (nSPS) is 13.4. The lowest BCUT2D eigenvalue weighted by Crippen LogP contribution is -2.55. The van der Waals surface area contributed by atoms with Crippen LogP contribution in [0.4, 0.5) is 14.5 Å². The maximum absolute atomic E-state index is 14.5. The Kier molecular flexibility index (Phi) is 7.53. The second-order valence-corrected chi connectivity index (χ2v) is 8.52. The van der Waals surface area contributed by atoms with E-state index in [0.29, 0.717) is 37.5 Å². The van der Waals surface area contributed by atoms with Gasteiger partial charge in [0, 0.05) is 37.9 Å². The number of anilines is 1. The maximum atomic E-state index is 14.5. The van der Waals surface area contributed by atoms with E-state index < -0.39 is 17.5 Å². The molecule has 190 valence electrons. The standard InChI is InChI=1S/C24H24ClF2N5O4/c1-31-18(16-5-6-19(35-2)21(27)20(16)26)10-29-22(31)23(33)30-13-3-4-15(17(25)9-13)24(34)32-11-14(12-32)36-8-7-28/h3-6,9-10,14H,7-8,11-12,28H2,1-2H3,(H,30,33). The van der Waals surface area contributed by atoms with Gasteiger partial charge in [0.1, 0.15) is 0 Å². The van der Waals surface area contributed by atoms with Crippen LogP contribution in [-0.2, 0) is 11.8 Å². The minimum atomic E-state index is -1.14. The van der Waals surface area contributed by atoms with Gasteiger partial charge in [-0.2, -0.15) is 4.39 Å². The lowest BCUT2D eigenvalue weighted by atomic mass is 10.1. The molecule has 2 amide bonds. The van der Waals surface area contributed by atoms with E-state index in [1.807, 2.05) is 0 Å². The van der Waals surface area contributed by atoms with Gasteiger partial charge in [-0.15, -0.1) is 0 Å². The molecule has 3 N–H and O–H groups in total. The van der Waals surface area contributed by atoms with Gasteiger partial charge in [-0.3, -0.25) is 9.59 Å². The number of benzene rings is 2. The van der Waals surface area contributed by atoms with Crippen LogP contribution in [0.25, 0.3) is 11.3 Å². The number of nitrogens with two attached hydrogens (primary N) is 1. The fraction of sp³-hybridized carbons (Fsp3) is 0.292. The summed E-state index contributed by atoms with van der Waals surface area (Å²) in [5.74, 6) is -3.37. The van der Waals surface area contributed by atoms with Crippen molar-refractivity contribution in [1.29, 1.82) is 0 Å². The van der Waals surface area contributed by atoms with Crippen molar-refractivity contribution >= 4 is 29.1 Å². The molecule has 1 fully saturated rings. The fourth-order valence-corrected chi connectivity index (χ4v) is 4.09. The summed E-state index contributed by atoms with van der Waals surface area (Å²) in [5.41, 5.74) is 6.16. The number of carbonyl (C=O) groups excluding carboxylic acids is 2. The Morgan fingerprint density at radius 1 is 1.22 bits per heavy atom. The number of imidazole rings is 1. The number of nitrogens with one attached hydrogen (secondary N) is 1. The molecule has 12 heteroatoms. The second kappa shape index (κ2) is 10.6. The predicted molar refractivity (Wildman–Crippen MR) is 129 cm³/mol. The van der Waals surface area contributed by atoms with Crippen molar-refractivity contribution in [3.8, 4) is 17.0 Å². The third-order valence-electron chi connectivity index (χ3n) is 5.80. The summed E-state index contributed by atoms with van der Waals surface area (Å²) < 4.78 is 40.3. The van der Waals surface area contributed by atoms with Crippen molar-refractivity contribution in [3.05, 3.63) is 64.6 Å². The zero-order valence-electron chi connectivity index (χ0n) is 19.6. The van der Waals surface area contributed by atoms with Crippen LogP contribution in [0, 0.1) is 11.6 Å². The topological polar surface area (TPSA) is 112 Å². The van der Waals surface area contributed by atoms with E-state index in [2.05, 4.69) is 10.3 Å². The summed E-state index contributed by atoms with van der Waals surface area (Å²) in [5, 5.41) is 2.82. The van der Waals surface area contributed by atoms with Crippen molar-refractivity contribution in [2.45, 2.75) is 6.10 Å². The first-order valence-electron chi connectivity index (χ1n) is 11.0. The Hall–Kier alpha value is -3.54. The Balaban J connectivity index is 1.46. The van der Waals surface area contributed by atoms with Crippen molar-refractivity contribution in [2.24, 2.45) is 12.8 Å². The highest BCUT2D eigenvalue weighted by atomic mass is 35.5. The van der Waals surface area contributed by atoms with Gasteiger partial charge in [0.25, 0.3) is 11.8 Å². The number of halogens is 3. The van der Waals surface area contributed by atoms with Crippen molar-refractivity contribution < 1.29 is 27.8 Å². The average molecular weight is 520 g/mol. The average Bonchev–Trinajstić information content (AvgIpc) is 3.21. The monoisotopic (exact) mass is 519 g/mol. The Labute approximate surface area is 210 Å². The molecular formula is C24H24ClF2N5O4. The van der Waals surface area contributed by atoms with E-state index in [-0.39, 0.29) is 39.9 Å².